The van der Waals surface area contributed by atoms with E-state index in [1.807, 2.05) is 11.7 Å². The predicted octanol–water partition coefficient (Wildman–Crippen LogP) is 2.70. The molecule has 0 aliphatic heterocycles. The van der Waals surface area contributed by atoms with Crippen molar-refractivity contribution in [2.45, 2.75) is 37.2 Å². The first kappa shape index (κ1) is 16.6. The lowest BCUT2D eigenvalue weighted by molar-refractivity contribution is 0.540. The first-order valence-corrected chi connectivity index (χ1v) is 8.71. The summed E-state index contributed by atoms with van der Waals surface area (Å²) in [4.78, 5) is 0. The fraction of sp³-hybridized carbons (Fsp3) is 0.400. The second-order valence-electron chi connectivity index (χ2n) is 5.31. The summed E-state index contributed by atoms with van der Waals surface area (Å²) >= 11 is 1.48. The van der Waals surface area contributed by atoms with Crippen molar-refractivity contribution >= 4 is 11.8 Å². The lowest BCUT2D eigenvalue weighted by atomic mass is 10.2. The lowest BCUT2D eigenvalue weighted by Crippen LogP contribution is -2.05. The minimum atomic E-state index is -0.312. The van der Waals surface area contributed by atoms with Crippen molar-refractivity contribution in [3.63, 3.8) is 0 Å². The maximum absolute atomic E-state index is 13.9. The number of aryl methyl sites for hydroxylation is 1. The Morgan fingerprint density at radius 2 is 2.00 bits per heavy atom. The van der Waals surface area contributed by atoms with E-state index in [0.717, 1.165) is 25.2 Å². The second kappa shape index (κ2) is 7.52. The predicted molar refractivity (Wildman–Crippen MR) is 88.7 cm³/mol. The molecule has 0 spiro atoms. The van der Waals surface area contributed by atoms with Gasteiger partial charge < -0.3 is 4.57 Å². The highest BCUT2D eigenvalue weighted by Gasteiger charge is 2.15. The van der Waals surface area contributed by atoms with Gasteiger partial charge in [-0.15, -0.1) is 15.3 Å². The third kappa shape index (κ3) is 3.45. The van der Waals surface area contributed by atoms with Gasteiger partial charge in [0.05, 0.1) is 11.3 Å². The van der Waals surface area contributed by atoms with Crippen LogP contribution in [-0.2, 0) is 19.3 Å². The van der Waals surface area contributed by atoms with Gasteiger partial charge in [0.2, 0.25) is 0 Å². The molecule has 3 aromatic rings. The molecule has 9 heteroatoms. The smallest absolute Gasteiger partial charge is 0.191 e. The van der Waals surface area contributed by atoms with Gasteiger partial charge >= 0.3 is 0 Å². The van der Waals surface area contributed by atoms with Crippen LogP contribution in [0.2, 0.25) is 0 Å². The monoisotopic (exact) mass is 347 g/mol. The standard InChI is InChI=1S/C15H18FN7S/c1-3-4-9-23-13(17-20-21-23)10-24-15-19-18-14(22(15)2)11-7-5-6-8-12(11)16/h5-8H,3-4,9-10H2,1-2H3. The molecule has 0 radical (unpaired) electrons. The summed E-state index contributed by atoms with van der Waals surface area (Å²) in [5.41, 5.74) is 0.437. The van der Waals surface area contributed by atoms with Crippen molar-refractivity contribution in [3.8, 4) is 11.4 Å². The van der Waals surface area contributed by atoms with Gasteiger partial charge in [0.25, 0.3) is 0 Å². The summed E-state index contributed by atoms with van der Waals surface area (Å²) in [6, 6.07) is 6.54. The van der Waals surface area contributed by atoms with Crippen molar-refractivity contribution in [2.75, 3.05) is 0 Å². The van der Waals surface area contributed by atoms with Gasteiger partial charge in [0.1, 0.15) is 5.82 Å². The average molecular weight is 347 g/mol. The molecule has 7 nitrogen and oxygen atoms in total. The molecular formula is C15H18FN7S. The molecule has 0 unspecified atom stereocenters. The topological polar surface area (TPSA) is 74.3 Å². The molecule has 0 saturated carbocycles. The number of rotatable bonds is 7. The van der Waals surface area contributed by atoms with Crippen molar-refractivity contribution in [3.05, 3.63) is 35.9 Å². The van der Waals surface area contributed by atoms with Crippen LogP contribution in [0.3, 0.4) is 0 Å². The van der Waals surface area contributed by atoms with Gasteiger partial charge in [0.15, 0.2) is 16.8 Å². The molecule has 2 heterocycles. The molecule has 0 aliphatic rings. The Morgan fingerprint density at radius 3 is 2.79 bits per heavy atom. The van der Waals surface area contributed by atoms with Crippen LogP contribution in [0.5, 0.6) is 0 Å². The van der Waals surface area contributed by atoms with Crippen LogP contribution in [0.4, 0.5) is 4.39 Å². The quantitative estimate of drug-likeness (QED) is 0.612. The minimum Gasteiger partial charge on any atom is -0.305 e. The Labute approximate surface area is 143 Å². The number of hydrogen-bond donors (Lipinski definition) is 0. The highest BCUT2D eigenvalue weighted by atomic mass is 32.2. The van der Waals surface area contributed by atoms with E-state index < -0.39 is 0 Å². The molecule has 0 atom stereocenters. The second-order valence-corrected chi connectivity index (χ2v) is 6.25. The van der Waals surface area contributed by atoms with Gasteiger partial charge in [-0.25, -0.2) is 9.07 Å². The third-order valence-corrected chi connectivity index (χ3v) is 4.63. The zero-order valence-corrected chi connectivity index (χ0v) is 14.4. The van der Waals surface area contributed by atoms with Crippen molar-refractivity contribution in [2.24, 2.45) is 7.05 Å². The van der Waals surface area contributed by atoms with Gasteiger partial charge in [-0.3, -0.25) is 0 Å². The SMILES string of the molecule is CCCCn1nnnc1CSc1nnc(-c2ccccc2F)n1C. The van der Waals surface area contributed by atoms with Crippen molar-refractivity contribution < 1.29 is 4.39 Å². The number of thioether (sulfide) groups is 1. The van der Waals surface area contributed by atoms with Crippen LogP contribution in [0.15, 0.2) is 29.4 Å². The third-order valence-electron chi connectivity index (χ3n) is 3.61. The molecule has 2 aromatic heterocycles. The van der Waals surface area contributed by atoms with Crippen LogP contribution in [-0.4, -0.2) is 35.0 Å². The van der Waals surface area contributed by atoms with Crippen LogP contribution >= 0.6 is 11.8 Å². The average Bonchev–Trinajstić information content (AvgIpc) is 3.18. The van der Waals surface area contributed by atoms with E-state index in [0.29, 0.717) is 22.3 Å². The Kier molecular flexibility index (Phi) is 5.19. The molecule has 0 amide bonds. The first-order chi connectivity index (χ1) is 11.7. The normalized spacial score (nSPS) is 11.1. The highest BCUT2D eigenvalue weighted by Crippen LogP contribution is 2.26. The van der Waals surface area contributed by atoms with Gasteiger partial charge in [-0.1, -0.05) is 37.2 Å². The Balaban J connectivity index is 1.74. The largest absolute Gasteiger partial charge is 0.305 e. The maximum Gasteiger partial charge on any atom is 0.191 e. The molecular weight excluding hydrogens is 329 g/mol. The van der Waals surface area contributed by atoms with Gasteiger partial charge in [-0.05, 0) is 29.0 Å². The van der Waals surface area contributed by atoms with Crippen LogP contribution < -0.4 is 0 Å². The molecule has 3 rings (SSSR count). The molecule has 0 bridgehead atoms. The van der Waals surface area contributed by atoms with E-state index in [2.05, 4.69) is 32.6 Å². The molecule has 0 fully saturated rings. The van der Waals surface area contributed by atoms with E-state index in [1.165, 1.54) is 17.8 Å². The fourth-order valence-electron chi connectivity index (χ4n) is 2.25. The van der Waals surface area contributed by atoms with Gasteiger partial charge in [-0.2, -0.15) is 0 Å². The number of aromatic nitrogens is 7. The highest BCUT2D eigenvalue weighted by molar-refractivity contribution is 7.98. The number of hydrogen-bond acceptors (Lipinski definition) is 6. The number of halogens is 1. The van der Waals surface area contributed by atoms with E-state index >= 15 is 0 Å². The molecule has 24 heavy (non-hydrogen) atoms. The van der Waals surface area contributed by atoms with Gasteiger partial charge in [0, 0.05) is 13.6 Å². The first-order valence-electron chi connectivity index (χ1n) is 7.72. The molecule has 0 saturated heterocycles. The van der Waals surface area contributed by atoms with E-state index in [1.54, 1.807) is 22.8 Å². The number of unbranched alkanes of at least 4 members (excludes halogenated alkanes) is 1. The number of benzene rings is 1. The molecule has 126 valence electrons. The van der Waals surface area contributed by atoms with Crippen LogP contribution in [0, 0.1) is 5.82 Å². The molecule has 1 aromatic carbocycles. The van der Waals surface area contributed by atoms with E-state index in [-0.39, 0.29) is 5.82 Å². The van der Waals surface area contributed by atoms with Crippen molar-refractivity contribution in [1.82, 2.24) is 35.0 Å². The molecule has 0 N–H and O–H groups in total. The lowest BCUT2D eigenvalue weighted by Gasteiger charge is -2.05. The minimum absolute atomic E-state index is 0.312. The van der Waals surface area contributed by atoms with Crippen LogP contribution in [0.1, 0.15) is 25.6 Å². The maximum atomic E-state index is 13.9. The Morgan fingerprint density at radius 1 is 1.17 bits per heavy atom. The Hall–Kier alpha value is -2.29. The summed E-state index contributed by atoms with van der Waals surface area (Å²) in [6.45, 7) is 2.93. The zero-order valence-electron chi connectivity index (χ0n) is 13.6. The number of tetrazole rings is 1. The fourth-order valence-corrected chi connectivity index (χ4v) is 3.10. The van der Waals surface area contributed by atoms with E-state index in [4.69, 9.17) is 0 Å². The summed E-state index contributed by atoms with van der Waals surface area (Å²) in [6.07, 6.45) is 2.12. The number of nitrogens with zero attached hydrogens (tertiary/aromatic N) is 7. The zero-order chi connectivity index (χ0) is 16.9. The van der Waals surface area contributed by atoms with E-state index in [9.17, 15) is 4.39 Å². The summed E-state index contributed by atoms with van der Waals surface area (Å²) < 4.78 is 17.5. The summed E-state index contributed by atoms with van der Waals surface area (Å²) in [5.74, 6) is 1.57. The molecule has 0 aliphatic carbocycles. The summed E-state index contributed by atoms with van der Waals surface area (Å²) in [7, 11) is 1.82. The Bertz CT molecular complexity index is 814. The summed E-state index contributed by atoms with van der Waals surface area (Å²) in [5, 5.41) is 20.8. The van der Waals surface area contributed by atoms with Crippen LogP contribution in [0.25, 0.3) is 11.4 Å². The van der Waals surface area contributed by atoms with Crippen molar-refractivity contribution in [1.29, 1.82) is 0 Å².